The quantitative estimate of drug-likeness (QED) is 0.863. The zero-order chi connectivity index (χ0) is 16.6. The number of imidazole rings is 1. The zero-order valence-electron chi connectivity index (χ0n) is 12.8. The minimum atomic E-state index is -4.08. The average Bonchev–Trinajstić information content (AvgIpc) is 2.93. The molecule has 2 heterocycles. The van der Waals surface area contributed by atoms with E-state index in [1.54, 1.807) is 24.0 Å². The number of hydrogen-bond acceptors (Lipinski definition) is 4. The Morgan fingerprint density at radius 2 is 2.17 bits per heavy atom. The third kappa shape index (κ3) is 3.29. The molecule has 0 spiro atoms. The lowest BCUT2D eigenvalue weighted by Gasteiger charge is -2.34. The molecule has 6 nitrogen and oxygen atoms in total. The molecule has 10 heteroatoms. The highest BCUT2D eigenvalue weighted by Crippen LogP contribution is 2.32. The fourth-order valence-electron chi connectivity index (χ4n) is 2.74. The lowest BCUT2D eigenvalue weighted by Crippen LogP contribution is -2.49. The molecular weight excluding hydrogens is 378 g/mol. The van der Waals surface area contributed by atoms with Gasteiger partial charge in [-0.15, -0.1) is 12.4 Å². The molecule has 0 amide bonds. The molecule has 1 unspecified atom stereocenters. The molecule has 1 aliphatic rings. The van der Waals surface area contributed by atoms with E-state index < -0.39 is 26.8 Å². The Labute approximate surface area is 151 Å². The van der Waals surface area contributed by atoms with Gasteiger partial charge in [-0.05, 0) is 12.1 Å². The number of piperazine rings is 1. The minimum Gasteiger partial charge on any atom is -0.337 e. The number of benzene rings is 1. The molecule has 1 aromatic heterocycles. The van der Waals surface area contributed by atoms with Gasteiger partial charge in [-0.3, -0.25) is 0 Å². The van der Waals surface area contributed by atoms with Crippen molar-refractivity contribution in [2.75, 3.05) is 19.6 Å². The van der Waals surface area contributed by atoms with E-state index in [9.17, 15) is 12.8 Å². The SMILES string of the molecule is Cl.Cn1ccnc1C1CNCCN1S(=O)(=O)c1c(F)cccc1Cl. The van der Waals surface area contributed by atoms with Crippen molar-refractivity contribution in [1.29, 1.82) is 0 Å². The molecule has 1 aliphatic heterocycles. The monoisotopic (exact) mass is 394 g/mol. The third-order valence-corrected chi connectivity index (χ3v) is 6.25. The number of halogens is 3. The van der Waals surface area contributed by atoms with Gasteiger partial charge in [0.05, 0.1) is 11.1 Å². The largest absolute Gasteiger partial charge is 0.337 e. The second kappa shape index (κ2) is 7.37. The van der Waals surface area contributed by atoms with Crippen molar-refractivity contribution in [3.63, 3.8) is 0 Å². The van der Waals surface area contributed by atoms with E-state index in [1.165, 1.54) is 16.4 Å². The van der Waals surface area contributed by atoms with Crippen LogP contribution in [0.3, 0.4) is 0 Å². The van der Waals surface area contributed by atoms with Crippen molar-refractivity contribution in [2.45, 2.75) is 10.9 Å². The van der Waals surface area contributed by atoms with E-state index >= 15 is 0 Å². The molecule has 0 saturated carbocycles. The Kier molecular flexibility index (Phi) is 5.87. The van der Waals surface area contributed by atoms with Crippen LogP contribution in [0, 0.1) is 5.82 Å². The van der Waals surface area contributed by atoms with E-state index in [0.29, 0.717) is 18.9 Å². The molecule has 3 rings (SSSR count). The van der Waals surface area contributed by atoms with Crippen molar-refractivity contribution >= 4 is 34.0 Å². The van der Waals surface area contributed by atoms with E-state index in [1.807, 2.05) is 0 Å². The molecule has 0 radical (unpaired) electrons. The molecule has 2 aromatic rings. The summed E-state index contributed by atoms with van der Waals surface area (Å²) in [6.07, 6.45) is 3.34. The molecular formula is C14H17Cl2FN4O2S. The van der Waals surface area contributed by atoms with Crippen LogP contribution in [0.1, 0.15) is 11.9 Å². The van der Waals surface area contributed by atoms with Crippen LogP contribution in [0.15, 0.2) is 35.5 Å². The number of sulfonamides is 1. The first-order chi connectivity index (χ1) is 10.9. The second-order valence-electron chi connectivity index (χ2n) is 5.28. The van der Waals surface area contributed by atoms with Gasteiger partial charge >= 0.3 is 0 Å². The van der Waals surface area contributed by atoms with Gasteiger partial charge in [0.25, 0.3) is 0 Å². The first-order valence-electron chi connectivity index (χ1n) is 7.06. The summed E-state index contributed by atoms with van der Waals surface area (Å²) < 4.78 is 43.1. The first kappa shape index (κ1) is 19.1. The van der Waals surface area contributed by atoms with E-state index in [0.717, 1.165) is 6.07 Å². The van der Waals surface area contributed by atoms with Crippen LogP contribution in [-0.4, -0.2) is 41.9 Å². The van der Waals surface area contributed by atoms with Crippen LogP contribution < -0.4 is 5.32 Å². The third-order valence-electron chi connectivity index (χ3n) is 3.84. The number of rotatable bonds is 3. The molecule has 24 heavy (non-hydrogen) atoms. The Morgan fingerprint density at radius 1 is 1.42 bits per heavy atom. The van der Waals surface area contributed by atoms with Crippen LogP contribution in [0.4, 0.5) is 4.39 Å². The van der Waals surface area contributed by atoms with Crippen molar-refractivity contribution in [3.05, 3.63) is 47.3 Å². The molecule has 0 aliphatic carbocycles. The second-order valence-corrected chi connectivity index (χ2v) is 7.52. The van der Waals surface area contributed by atoms with Gasteiger partial charge in [0.2, 0.25) is 10.0 Å². The van der Waals surface area contributed by atoms with Crippen LogP contribution in [0.25, 0.3) is 0 Å². The molecule has 1 atom stereocenters. The lowest BCUT2D eigenvalue weighted by atomic mass is 10.2. The molecule has 1 aromatic carbocycles. The van der Waals surface area contributed by atoms with Crippen molar-refractivity contribution in [3.8, 4) is 0 Å². The van der Waals surface area contributed by atoms with Gasteiger partial charge < -0.3 is 9.88 Å². The Bertz CT molecular complexity index is 808. The van der Waals surface area contributed by atoms with E-state index in [4.69, 9.17) is 11.6 Å². The lowest BCUT2D eigenvalue weighted by molar-refractivity contribution is 0.257. The average molecular weight is 395 g/mol. The topological polar surface area (TPSA) is 67.2 Å². The molecule has 1 saturated heterocycles. The van der Waals surface area contributed by atoms with Crippen molar-refractivity contribution in [1.82, 2.24) is 19.2 Å². The number of nitrogens with one attached hydrogen (secondary N) is 1. The molecule has 1 N–H and O–H groups in total. The predicted molar refractivity (Wildman–Crippen MR) is 91.4 cm³/mol. The van der Waals surface area contributed by atoms with E-state index in [2.05, 4.69) is 10.3 Å². The summed E-state index contributed by atoms with van der Waals surface area (Å²) in [6.45, 7) is 1.09. The van der Waals surface area contributed by atoms with Gasteiger partial charge in [0.15, 0.2) is 0 Å². The smallest absolute Gasteiger partial charge is 0.248 e. The summed E-state index contributed by atoms with van der Waals surface area (Å²) in [5.74, 6) is -0.261. The maximum absolute atomic E-state index is 14.1. The van der Waals surface area contributed by atoms with Gasteiger partial charge in [-0.1, -0.05) is 17.7 Å². The summed E-state index contributed by atoms with van der Waals surface area (Å²) in [4.78, 5) is 3.75. The van der Waals surface area contributed by atoms with Gasteiger partial charge in [-0.2, -0.15) is 4.31 Å². The van der Waals surface area contributed by atoms with E-state index in [-0.39, 0.29) is 24.0 Å². The Balaban J connectivity index is 0.00000208. The number of hydrogen-bond donors (Lipinski definition) is 1. The maximum atomic E-state index is 14.1. The van der Waals surface area contributed by atoms with Crippen LogP contribution in [-0.2, 0) is 17.1 Å². The highest BCUT2D eigenvalue weighted by atomic mass is 35.5. The maximum Gasteiger partial charge on any atom is 0.248 e. The summed E-state index contributed by atoms with van der Waals surface area (Å²) in [5.41, 5.74) is 0. The predicted octanol–water partition coefficient (Wildman–Crippen LogP) is 1.97. The highest BCUT2D eigenvalue weighted by Gasteiger charge is 2.38. The zero-order valence-corrected chi connectivity index (χ0v) is 15.2. The van der Waals surface area contributed by atoms with Crippen molar-refractivity contribution in [2.24, 2.45) is 7.05 Å². The van der Waals surface area contributed by atoms with Crippen LogP contribution in [0.2, 0.25) is 5.02 Å². The molecule has 0 bridgehead atoms. The van der Waals surface area contributed by atoms with Gasteiger partial charge in [0.1, 0.15) is 16.5 Å². The fourth-order valence-corrected chi connectivity index (χ4v) is 4.89. The number of aryl methyl sites for hydroxylation is 1. The summed E-state index contributed by atoms with van der Waals surface area (Å²) in [5, 5.41) is 3.02. The Hall–Kier alpha value is -1.19. The summed E-state index contributed by atoms with van der Waals surface area (Å²) >= 11 is 5.95. The van der Waals surface area contributed by atoms with Gasteiger partial charge in [0, 0.05) is 39.1 Å². The number of nitrogens with zero attached hydrogens (tertiary/aromatic N) is 3. The highest BCUT2D eigenvalue weighted by molar-refractivity contribution is 7.89. The fraction of sp³-hybridized carbons (Fsp3) is 0.357. The minimum absolute atomic E-state index is 0. The normalized spacial score (nSPS) is 19.0. The summed E-state index contributed by atoms with van der Waals surface area (Å²) in [6, 6.07) is 3.32. The summed E-state index contributed by atoms with van der Waals surface area (Å²) in [7, 11) is -2.29. The number of aromatic nitrogens is 2. The molecule has 1 fully saturated rings. The van der Waals surface area contributed by atoms with Crippen LogP contribution >= 0.6 is 24.0 Å². The Morgan fingerprint density at radius 3 is 2.79 bits per heavy atom. The standard InChI is InChI=1S/C14H16ClFN4O2S.ClH/c1-19-7-6-18-14(19)12-9-17-5-8-20(12)23(21,22)13-10(15)3-2-4-11(13)16;/h2-4,6-7,12,17H,5,8-9H2,1H3;1H. The van der Waals surface area contributed by atoms with Gasteiger partial charge in [-0.25, -0.2) is 17.8 Å². The first-order valence-corrected chi connectivity index (χ1v) is 8.88. The molecule has 132 valence electrons. The van der Waals surface area contributed by atoms with Crippen molar-refractivity contribution < 1.29 is 12.8 Å². The van der Waals surface area contributed by atoms with Crippen LogP contribution in [0.5, 0.6) is 0 Å².